The van der Waals surface area contributed by atoms with Crippen LogP contribution in [-0.2, 0) is 4.79 Å². The Morgan fingerprint density at radius 3 is 2.78 bits per heavy atom. The van der Waals surface area contributed by atoms with Crippen LogP contribution in [0.1, 0.15) is 42.9 Å². The Kier molecular flexibility index (Phi) is 5.51. The summed E-state index contributed by atoms with van der Waals surface area (Å²) in [7, 11) is 0. The van der Waals surface area contributed by atoms with E-state index in [9.17, 15) is 9.59 Å². The minimum Gasteiger partial charge on any atom is -0.448 e. The molecule has 1 fully saturated rings. The smallest absolute Gasteiger partial charge is 0.298 e. The largest absolute Gasteiger partial charge is 0.448 e. The van der Waals surface area contributed by atoms with Crippen molar-refractivity contribution in [1.29, 1.82) is 0 Å². The van der Waals surface area contributed by atoms with E-state index in [0.717, 1.165) is 47.9 Å². The summed E-state index contributed by atoms with van der Waals surface area (Å²) < 4.78 is 7.64. The molecule has 1 aliphatic carbocycles. The maximum Gasteiger partial charge on any atom is 0.298 e. The summed E-state index contributed by atoms with van der Waals surface area (Å²) in [5, 5.41) is 4.39. The first kappa shape index (κ1) is 20.8. The van der Waals surface area contributed by atoms with E-state index in [1.807, 2.05) is 56.3 Å². The van der Waals surface area contributed by atoms with Crippen LogP contribution in [0.25, 0.3) is 22.1 Å². The molecule has 6 nitrogen and oxygen atoms in total. The molecule has 5 rings (SSSR count). The Morgan fingerprint density at radius 1 is 1.19 bits per heavy atom. The number of rotatable bonds is 5. The van der Waals surface area contributed by atoms with E-state index in [1.54, 1.807) is 4.57 Å². The van der Waals surface area contributed by atoms with Gasteiger partial charge in [-0.2, -0.15) is 0 Å². The molecule has 0 spiro atoms. The number of nitrogens with one attached hydrogen (secondary N) is 1. The van der Waals surface area contributed by atoms with Crippen molar-refractivity contribution in [3.05, 3.63) is 63.9 Å². The van der Waals surface area contributed by atoms with E-state index in [2.05, 4.69) is 5.32 Å². The fourth-order valence-electron chi connectivity index (χ4n) is 4.41. The molecular weight excluding hydrogens is 422 g/mol. The Balaban J connectivity index is 1.49. The van der Waals surface area contributed by atoms with Crippen LogP contribution >= 0.6 is 11.8 Å². The molecule has 0 unspecified atom stereocenters. The van der Waals surface area contributed by atoms with Gasteiger partial charge in [-0.05, 0) is 56.0 Å². The van der Waals surface area contributed by atoms with Gasteiger partial charge in [-0.15, -0.1) is 0 Å². The first-order valence-electron chi connectivity index (χ1n) is 10.9. The summed E-state index contributed by atoms with van der Waals surface area (Å²) >= 11 is 1.31. The number of anilines is 1. The third kappa shape index (κ3) is 3.81. The first-order valence-corrected chi connectivity index (χ1v) is 11.9. The topological polar surface area (TPSA) is 77.1 Å². The van der Waals surface area contributed by atoms with Gasteiger partial charge in [0.15, 0.2) is 5.16 Å². The van der Waals surface area contributed by atoms with Crippen molar-refractivity contribution in [3.63, 3.8) is 0 Å². The highest BCUT2D eigenvalue weighted by Crippen LogP contribution is 2.34. The number of fused-ring (bicyclic) bond motifs is 3. The second kappa shape index (κ2) is 8.47. The number of aryl methyl sites for hydroxylation is 2. The van der Waals surface area contributed by atoms with Gasteiger partial charge in [-0.1, -0.05) is 48.9 Å². The second-order valence-corrected chi connectivity index (χ2v) is 9.38. The summed E-state index contributed by atoms with van der Waals surface area (Å²) in [4.78, 5) is 31.0. The third-order valence-corrected chi connectivity index (χ3v) is 7.04. The van der Waals surface area contributed by atoms with Crippen LogP contribution < -0.4 is 10.9 Å². The van der Waals surface area contributed by atoms with Crippen LogP contribution in [0.15, 0.2) is 56.8 Å². The van der Waals surface area contributed by atoms with E-state index >= 15 is 0 Å². The van der Waals surface area contributed by atoms with Gasteiger partial charge in [0.05, 0.1) is 5.75 Å². The molecule has 1 amide bonds. The van der Waals surface area contributed by atoms with Crippen molar-refractivity contribution in [1.82, 2.24) is 9.55 Å². The summed E-state index contributed by atoms with van der Waals surface area (Å²) in [5.74, 6) is 0.0569. The molecule has 0 bridgehead atoms. The van der Waals surface area contributed by atoms with Gasteiger partial charge in [0.2, 0.25) is 11.5 Å². The Labute approximate surface area is 190 Å². The molecule has 2 aromatic heterocycles. The SMILES string of the molecule is Cc1ccc(C)c(NC(=O)CSc2nc3c(oc4ccccc43)c(=O)n2C2CCCC2)c1. The zero-order valence-electron chi connectivity index (χ0n) is 18.2. The predicted octanol–water partition coefficient (Wildman–Crippen LogP) is 5.61. The van der Waals surface area contributed by atoms with E-state index < -0.39 is 0 Å². The van der Waals surface area contributed by atoms with Crippen molar-refractivity contribution in [2.75, 3.05) is 11.1 Å². The Hall–Kier alpha value is -3.06. The number of nitrogens with zero attached hydrogens (tertiary/aromatic N) is 2. The predicted molar refractivity (Wildman–Crippen MR) is 129 cm³/mol. The van der Waals surface area contributed by atoms with Gasteiger partial charge >= 0.3 is 0 Å². The zero-order chi connectivity index (χ0) is 22.2. The number of furan rings is 1. The van der Waals surface area contributed by atoms with Crippen LogP contribution in [0.4, 0.5) is 5.69 Å². The number of thioether (sulfide) groups is 1. The van der Waals surface area contributed by atoms with Crippen LogP contribution in [0.2, 0.25) is 0 Å². The van der Waals surface area contributed by atoms with Crippen LogP contribution in [0.5, 0.6) is 0 Å². The van der Waals surface area contributed by atoms with Crippen molar-refractivity contribution in [3.8, 4) is 0 Å². The molecule has 4 aromatic rings. The molecule has 1 N–H and O–H groups in total. The quantitative estimate of drug-likeness (QED) is 0.318. The van der Waals surface area contributed by atoms with E-state index in [0.29, 0.717) is 21.8 Å². The van der Waals surface area contributed by atoms with E-state index in [-0.39, 0.29) is 23.3 Å². The number of amides is 1. The average molecular weight is 448 g/mol. The lowest BCUT2D eigenvalue weighted by atomic mass is 10.1. The molecule has 32 heavy (non-hydrogen) atoms. The lowest BCUT2D eigenvalue weighted by Gasteiger charge is -2.17. The molecular formula is C25H25N3O3S. The van der Waals surface area contributed by atoms with E-state index in [1.165, 1.54) is 11.8 Å². The number of carbonyl (C=O) groups excluding carboxylic acids is 1. The highest BCUT2D eigenvalue weighted by molar-refractivity contribution is 7.99. The third-order valence-electron chi connectivity index (χ3n) is 6.09. The number of hydrogen-bond acceptors (Lipinski definition) is 5. The maximum atomic E-state index is 13.4. The molecule has 0 atom stereocenters. The number of benzene rings is 2. The van der Waals surface area contributed by atoms with Gasteiger partial charge < -0.3 is 9.73 Å². The monoisotopic (exact) mass is 447 g/mol. The van der Waals surface area contributed by atoms with Gasteiger partial charge in [-0.3, -0.25) is 14.2 Å². The Bertz CT molecular complexity index is 1380. The Morgan fingerprint density at radius 2 is 1.97 bits per heavy atom. The van der Waals surface area contributed by atoms with E-state index in [4.69, 9.17) is 9.40 Å². The molecule has 2 heterocycles. The normalized spacial score (nSPS) is 14.4. The highest BCUT2D eigenvalue weighted by atomic mass is 32.2. The minimum absolute atomic E-state index is 0.0946. The average Bonchev–Trinajstić information content (AvgIpc) is 3.43. The minimum atomic E-state index is -0.157. The summed E-state index contributed by atoms with van der Waals surface area (Å²) in [6, 6.07) is 13.6. The number of para-hydroxylation sites is 1. The summed E-state index contributed by atoms with van der Waals surface area (Å²) in [6.45, 7) is 3.97. The van der Waals surface area contributed by atoms with Crippen molar-refractivity contribution in [2.24, 2.45) is 0 Å². The van der Waals surface area contributed by atoms with Gasteiger partial charge in [0.1, 0.15) is 11.1 Å². The lowest BCUT2D eigenvalue weighted by Crippen LogP contribution is -2.26. The number of hydrogen-bond donors (Lipinski definition) is 1. The standard InChI is InChI=1S/C25H25N3O3S/c1-15-11-12-16(2)19(13-15)26-21(29)14-32-25-27-22-18-9-5-6-10-20(18)31-23(22)24(30)28(25)17-7-3-4-8-17/h5-6,9-13,17H,3-4,7-8,14H2,1-2H3,(H,26,29). The molecule has 0 saturated heterocycles. The van der Waals surface area contributed by atoms with Crippen molar-refractivity contribution in [2.45, 2.75) is 50.7 Å². The zero-order valence-corrected chi connectivity index (χ0v) is 19.0. The van der Waals surface area contributed by atoms with Crippen molar-refractivity contribution < 1.29 is 9.21 Å². The van der Waals surface area contributed by atoms with Crippen LogP contribution in [0, 0.1) is 13.8 Å². The molecule has 7 heteroatoms. The van der Waals surface area contributed by atoms with Crippen molar-refractivity contribution >= 4 is 45.4 Å². The fraction of sp³-hybridized carbons (Fsp3) is 0.320. The fourth-order valence-corrected chi connectivity index (χ4v) is 5.27. The van der Waals surface area contributed by atoms with Crippen LogP contribution in [0.3, 0.4) is 0 Å². The maximum absolute atomic E-state index is 13.4. The first-order chi connectivity index (χ1) is 15.5. The molecule has 164 valence electrons. The van der Waals surface area contributed by atoms with Crippen LogP contribution in [-0.4, -0.2) is 21.2 Å². The van der Waals surface area contributed by atoms with Gasteiger partial charge in [0.25, 0.3) is 5.56 Å². The molecule has 1 aliphatic rings. The molecule has 1 saturated carbocycles. The molecule has 0 aliphatic heterocycles. The highest BCUT2D eigenvalue weighted by Gasteiger charge is 2.25. The number of carbonyl (C=O) groups is 1. The number of aromatic nitrogens is 2. The molecule has 0 radical (unpaired) electrons. The van der Waals surface area contributed by atoms with Gasteiger partial charge in [0, 0.05) is 17.1 Å². The summed E-state index contributed by atoms with van der Waals surface area (Å²) in [5.41, 5.74) is 4.27. The van der Waals surface area contributed by atoms with Gasteiger partial charge in [-0.25, -0.2) is 4.98 Å². The molecule has 2 aromatic carbocycles. The second-order valence-electron chi connectivity index (χ2n) is 8.44. The summed E-state index contributed by atoms with van der Waals surface area (Å²) in [6.07, 6.45) is 4.06. The lowest BCUT2D eigenvalue weighted by molar-refractivity contribution is -0.113.